The zero-order chi connectivity index (χ0) is 14.6. The summed E-state index contributed by atoms with van der Waals surface area (Å²) in [5.41, 5.74) is -0.480. The molecule has 4 nitrogen and oxygen atoms in total. The molecule has 0 aromatic carbocycles. The van der Waals surface area contributed by atoms with Crippen LogP contribution in [0, 0.1) is 5.92 Å². The van der Waals surface area contributed by atoms with Crippen LogP contribution in [0.3, 0.4) is 0 Å². The van der Waals surface area contributed by atoms with Gasteiger partial charge in [0.15, 0.2) is 0 Å². The minimum absolute atomic E-state index is 0.0489. The normalized spacial score (nSPS) is 21.8. The molecule has 2 aliphatic carbocycles. The van der Waals surface area contributed by atoms with E-state index in [1.807, 2.05) is 14.0 Å². The molecule has 0 saturated heterocycles. The van der Waals surface area contributed by atoms with Gasteiger partial charge in [-0.25, -0.2) is 4.79 Å². The smallest absolute Gasteiger partial charge is 0.327 e. The second kappa shape index (κ2) is 6.90. The van der Waals surface area contributed by atoms with Crippen LogP contribution in [0.15, 0.2) is 0 Å². The molecule has 1 unspecified atom stereocenters. The number of ether oxygens (including phenoxy) is 1. The van der Waals surface area contributed by atoms with Crippen molar-refractivity contribution in [2.45, 2.75) is 64.0 Å². The van der Waals surface area contributed by atoms with Gasteiger partial charge in [0, 0.05) is 12.6 Å². The summed E-state index contributed by atoms with van der Waals surface area (Å²) < 4.78 is 5.38. The number of esters is 1. The van der Waals surface area contributed by atoms with Crippen molar-refractivity contribution in [1.29, 1.82) is 0 Å². The molecule has 4 heteroatoms. The molecule has 0 aromatic rings. The number of hydrogen-bond acceptors (Lipinski definition) is 4. The first kappa shape index (κ1) is 15.8. The van der Waals surface area contributed by atoms with E-state index in [2.05, 4.69) is 17.1 Å². The molecule has 20 heavy (non-hydrogen) atoms. The molecule has 0 aromatic heterocycles. The predicted octanol–water partition coefficient (Wildman–Crippen LogP) is 2.18. The highest BCUT2D eigenvalue weighted by Crippen LogP contribution is 2.42. The maximum atomic E-state index is 12.5. The Balaban J connectivity index is 2.06. The van der Waals surface area contributed by atoms with E-state index >= 15 is 0 Å². The average Bonchev–Trinajstić information content (AvgIpc) is 3.30. The summed E-state index contributed by atoms with van der Waals surface area (Å²) in [4.78, 5) is 15.0. The Bertz CT molecular complexity index is 326. The van der Waals surface area contributed by atoms with E-state index in [0.29, 0.717) is 18.6 Å². The fourth-order valence-electron chi connectivity index (χ4n) is 3.09. The van der Waals surface area contributed by atoms with Crippen LogP contribution in [-0.4, -0.2) is 49.2 Å². The third-order valence-electron chi connectivity index (χ3n) is 4.67. The summed E-state index contributed by atoms with van der Waals surface area (Å²) in [5.74, 6) is 0.404. The number of rotatable bonds is 10. The number of hydrogen-bond donors (Lipinski definition) is 1. The van der Waals surface area contributed by atoms with E-state index in [4.69, 9.17) is 4.74 Å². The van der Waals surface area contributed by atoms with Crippen molar-refractivity contribution in [2.75, 3.05) is 26.7 Å². The van der Waals surface area contributed by atoms with Crippen LogP contribution >= 0.6 is 0 Å². The Morgan fingerprint density at radius 1 is 1.30 bits per heavy atom. The Hall–Kier alpha value is -0.610. The molecule has 2 fully saturated rings. The number of carbonyl (C=O) groups is 1. The molecule has 0 aliphatic heterocycles. The molecule has 1 N–H and O–H groups in total. The molecular weight excluding hydrogens is 252 g/mol. The number of nitrogens with one attached hydrogen (secondary N) is 1. The highest BCUT2D eigenvalue weighted by atomic mass is 16.5. The van der Waals surface area contributed by atoms with E-state index in [9.17, 15) is 4.79 Å². The zero-order valence-electron chi connectivity index (χ0n) is 13.3. The monoisotopic (exact) mass is 282 g/mol. The van der Waals surface area contributed by atoms with Crippen LogP contribution in [0.1, 0.15) is 52.4 Å². The Labute approximate surface area is 123 Å². The molecule has 116 valence electrons. The summed E-state index contributed by atoms with van der Waals surface area (Å²) in [5, 5.41) is 3.34. The van der Waals surface area contributed by atoms with Gasteiger partial charge in [0.25, 0.3) is 0 Å². The first-order chi connectivity index (χ1) is 9.67. The first-order valence-electron chi connectivity index (χ1n) is 8.28. The number of unbranched alkanes of at least 4 members (excludes halogenated alkanes) is 1. The van der Waals surface area contributed by atoms with Crippen LogP contribution in [0.5, 0.6) is 0 Å². The zero-order valence-corrected chi connectivity index (χ0v) is 13.3. The molecule has 2 aliphatic rings. The average molecular weight is 282 g/mol. The van der Waals surface area contributed by atoms with Crippen LogP contribution in [0.25, 0.3) is 0 Å². The summed E-state index contributed by atoms with van der Waals surface area (Å²) >= 11 is 0. The summed E-state index contributed by atoms with van der Waals surface area (Å²) in [6, 6.07) is 0.697. The van der Waals surface area contributed by atoms with Gasteiger partial charge in [-0.2, -0.15) is 0 Å². The number of carbonyl (C=O) groups excluding carboxylic acids is 1. The van der Waals surface area contributed by atoms with Crippen molar-refractivity contribution in [3.8, 4) is 0 Å². The molecule has 2 rings (SSSR count). The van der Waals surface area contributed by atoms with Gasteiger partial charge in [-0.15, -0.1) is 0 Å². The van der Waals surface area contributed by atoms with Gasteiger partial charge >= 0.3 is 5.97 Å². The minimum Gasteiger partial charge on any atom is -0.465 e. The van der Waals surface area contributed by atoms with E-state index in [-0.39, 0.29) is 5.97 Å². The maximum Gasteiger partial charge on any atom is 0.327 e. The lowest BCUT2D eigenvalue weighted by atomic mass is 9.92. The number of likely N-dealkylation sites (N-methyl/N-ethyl adjacent to an activating group) is 1. The van der Waals surface area contributed by atoms with Crippen LogP contribution < -0.4 is 5.32 Å². The van der Waals surface area contributed by atoms with E-state index in [1.54, 1.807) is 0 Å². The van der Waals surface area contributed by atoms with Crippen LogP contribution in [-0.2, 0) is 9.53 Å². The third-order valence-corrected chi connectivity index (χ3v) is 4.67. The Kier molecular flexibility index (Phi) is 5.44. The Morgan fingerprint density at radius 3 is 2.45 bits per heavy atom. The van der Waals surface area contributed by atoms with Crippen LogP contribution in [0.4, 0.5) is 0 Å². The van der Waals surface area contributed by atoms with Crippen LogP contribution in [0.2, 0.25) is 0 Å². The van der Waals surface area contributed by atoms with E-state index < -0.39 is 5.54 Å². The van der Waals surface area contributed by atoms with Gasteiger partial charge in [0.05, 0.1) is 6.61 Å². The summed E-state index contributed by atoms with van der Waals surface area (Å²) in [7, 11) is 1.92. The summed E-state index contributed by atoms with van der Waals surface area (Å²) in [6.07, 6.45) is 7.29. The number of nitrogens with zero attached hydrogens (tertiary/aromatic N) is 1. The second-order valence-electron chi connectivity index (χ2n) is 6.27. The predicted molar refractivity (Wildman–Crippen MR) is 80.7 cm³/mol. The lowest BCUT2D eigenvalue weighted by Gasteiger charge is -2.36. The van der Waals surface area contributed by atoms with Crippen molar-refractivity contribution in [2.24, 2.45) is 5.92 Å². The van der Waals surface area contributed by atoms with Crippen molar-refractivity contribution in [3.63, 3.8) is 0 Å². The molecular formula is C16H30N2O2. The lowest BCUT2D eigenvalue weighted by molar-refractivity contribution is -0.153. The molecule has 0 bridgehead atoms. The molecule has 1 atom stereocenters. The molecule has 0 heterocycles. The highest BCUT2D eigenvalue weighted by Gasteiger charge is 2.53. The van der Waals surface area contributed by atoms with E-state index in [0.717, 1.165) is 25.9 Å². The topological polar surface area (TPSA) is 41.6 Å². The van der Waals surface area contributed by atoms with Gasteiger partial charge in [0.1, 0.15) is 5.54 Å². The fraction of sp³-hybridized carbons (Fsp3) is 0.938. The fourth-order valence-corrected chi connectivity index (χ4v) is 3.09. The van der Waals surface area contributed by atoms with E-state index in [1.165, 1.54) is 25.7 Å². The van der Waals surface area contributed by atoms with Crippen molar-refractivity contribution < 1.29 is 9.53 Å². The lowest BCUT2D eigenvalue weighted by Crippen LogP contribution is -2.60. The Morgan fingerprint density at radius 2 is 2.00 bits per heavy atom. The van der Waals surface area contributed by atoms with Gasteiger partial charge in [-0.05, 0) is 58.5 Å². The second-order valence-corrected chi connectivity index (χ2v) is 6.27. The van der Waals surface area contributed by atoms with Gasteiger partial charge in [-0.3, -0.25) is 4.90 Å². The van der Waals surface area contributed by atoms with Crippen molar-refractivity contribution in [1.82, 2.24) is 10.2 Å². The van der Waals surface area contributed by atoms with Gasteiger partial charge < -0.3 is 10.1 Å². The van der Waals surface area contributed by atoms with Crippen molar-refractivity contribution >= 4 is 5.97 Å². The van der Waals surface area contributed by atoms with Gasteiger partial charge in [0.2, 0.25) is 0 Å². The van der Waals surface area contributed by atoms with Crippen molar-refractivity contribution in [3.05, 3.63) is 0 Å². The highest BCUT2D eigenvalue weighted by molar-refractivity contribution is 5.82. The standard InChI is InChI=1S/C16H30N2O2/c1-4-6-11-18(14-9-10-14)12-16(17-3,13-7-8-13)15(19)20-5-2/h13-14,17H,4-12H2,1-3H3. The summed E-state index contributed by atoms with van der Waals surface area (Å²) in [6.45, 7) is 6.51. The largest absolute Gasteiger partial charge is 0.465 e. The molecule has 0 spiro atoms. The quantitative estimate of drug-likeness (QED) is 0.624. The van der Waals surface area contributed by atoms with Gasteiger partial charge in [-0.1, -0.05) is 13.3 Å². The molecule has 0 amide bonds. The SMILES string of the molecule is CCCCN(CC(NC)(C(=O)OCC)C1CC1)C1CC1. The third kappa shape index (κ3) is 3.53. The maximum absolute atomic E-state index is 12.5. The minimum atomic E-state index is -0.480. The molecule has 2 saturated carbocycles. The first-order valence-corrected chi connectivity index (χ1v) is 8.28. The molecule has 0 radical (unpaired) electrons.